The van der Waals surface area contributed by atoms with Crippen molar-refractivity contribution in [2.45, 2.75) is 37.4 Å². The van der Waals surface area contributed by atoms with Crippen molar-refractivity contribution in [3.05, 3.63) is 54.1 Å². The minimum atomic E-state index is -1.79. The van der Waals surface area contributed by atoms with Crippen LogP contribution in [-0.4, -0.2) is 82.3 Å². The van der Waals surface area contributed by atoms with Gasteiger partial charge in [-0.05, 0) is 19.9 Å². The van der Waals surface area contributed by atoms with Crippen LogP contribution in [0.5, 0.6) is 0 Å². The lowest BCUT2D eigenvalue weighted by atomic mass is 10.0. The first-order valence-electron chi connectivity index (χ1n) is 11.1. The number of rotatable bonds is 9. The summed E-state index contributed by atoms with van der Waals surface area (Å²) in [6.07, 6.45) is 7.74. The van der Waals surface area contributed by atoms with Crippen LogP contribution in [0.2, 0.25) is 0 Å². The van der Waals surface area contributed by atoms with E-state index >= 15 is 0 Å². The molecule has 4 heterocycles. The van der Waals surface area contributed by atoms with E-state index in [0.717, 1.165) is 4.90 Å². The zero-order chi connectivity index (χ0) is 27.6. The summed E-state index contributed by atoms with van der Waals surface area (Å²) in [6, 6.07) is 0.282. The number of thioether (sulfide) groups is 1. The number of carboxylic acid groups (broad SMARTS) is 2. The van der Waals surface area contributed by atoms with Crippen LogP contribution in [-0.2, 0) is 30.6 Å². The van der Waals surface area contributed by atoms with E-state index < -0.39 is 46.5 Å². The van der Waals surface area contributed by atoms with Gasteiger partial charge in [0.25, 0.3) is 11.8 Å². The standard InChI is InChI=1S/C22H22N8O7S/c1-22(2,21(35)36)37-28-13(16-25-4-3-12(23)26-16)17(31)27-14-18(32)30-15(20(33)34)11(10-38-19(14)30)9-29-7-5-24-6-8-29/h3-8,14,19H,9-10H2,1-2H3,(H4-,23,25,26,27,31,33,34,35,36)/p+1/b28-13-/t14?,19-/m1/s1. The number of carbonyl (C=O) groups is 4. The number of nitrogens with one attached hydrogen (secondary N) is 1. The van der Waals surface area contributed by atoms with Gasteiger partial charge in [-0.1, -0.05) is 5.16 Å². The van der Waals surface area contributed by atoms with Gasteiger partial charge in [-0.25, -0.2) is 19.6 Å². The summed E-state index contributed by atoms with van der Waals surface area (Å²) in [5, 5.41) is 24.7. The first-order chi connectivity index (χ1) is 18.0. The van der Waals surface area contributed by atoms with Crippen molar-refractivity contribution in [1.29, 1.82) is 0 Å². The maximum Gasteiger partial charge on any atom is 0.352 e. The van der Waals surface area contributed by atoms with Gasteiger partial charge in [0, 0.05) is 17.5 Å². The summed E-state index contributed by atoms with van der Waals surface area (Å²) in [5.74, 6) is -4.12. The molecular formula is C22H23N8O7S+. The van der Waals surface area contributed by atoms with E-state index in [-0.39, 0.29) is 23.9 Å². The highest BCUT2D eigenvalue weighted by molar-refractivity contribution is 8.00. The second kappa shape index (κ2) is 10.4. The van der Waals surface area contributed by atoms with Gasteiger partial charge < -0.3 is 26.1 Å². The number of aliphatic carboxylic acids is 2. The van der Waals surface area contributed by atoms with E-state index in [1.165, 1.54) is 37.9 Å². The molecular weight excluding hydrogens is 520 g/mol. The molecule has 0 bridgehead atoms. The van der Waals surface area contributed by atoms with Gasteiger partial charge in [-0.3, -0.25) is 19.5 Å². The number of nitrogen functional groups attached to an aromatic ring is 1. The third kappa shape index (κ3) is 5.24. The Morgan fingerprint density at radius 3 is 2.63 bits per heavy atom. The fraction of sp³-hybridized carbons (Fsp3) is 0.318. The van der Waals surface area contributed by atoms with Crippen LogP contribution in [0.4, 0.5) is 5.82 Å². The Labute approximate surface area is 219 Å². The molecule has 1 unspecified atom stereocenters. The second-order valence-electron chi connectivity index (χ2n) is 8.69. The van der Waals surface area contributed by atoms with Crippen LogP contribution in [0.25, 0.3) is 0 Å². The number of amides is 2. The molecule has 0 spiro atoms. The van der Waals surface area contributed by atoms with E-state index in [0.29, 0.717) is 11.3 Å². The van der Waals surface area contributed by atoms with Gasteiger partial charge >= 0.3 is 11.9 Å². The maximum absolute atomic E-state index is 13.2. The Hall–Kier alpha value is -4.60. The van der Waals surface area contributed by atoms with Crippen molar-refractivity contribution in [1.82, 2.24) is 25.2 Å². The predicted octanol–water partition coefficient (Wildman–Crippen LogP) is -1.24. The lowest BCUT2D eigenvalue weighted by Crippen LogP contribution is -2.71. The average molecular weight is 544 g/mol. The van der Waals surface area contributed by atoms with Crippen molar-refractivity contribution in [3.63, 3.8) is 0 Å². The first kappa shape index (κ1) is 26.5. The number of nitrogens with zero attached hydrogens (tertiary/aromatic N) is 6. The highest BCUT2D eigenvalue weighted by Crippen LogP contribution is 2.40. The molecule has 1 fully saturated rings. The average Bonchev–Trinajstić information content (AvgIpc) is 2.87. The third-order valence-electron chi connectivity index (χ3n) is 5.58. The number of β-lactam (4-membered cyclic amide) rings is 1. The predicted molar refractivity (Wildman–Crippen MR) is 130 cm³/mol. The van der Waals surface area contributed by atoms with Crippen molar-refractivity contribution in [3.8, 4) is 0 Å². The molecule has 2 aromatic rings. The molecule has 198 valence electrons. The van der Waals surface area contributed by atoms with Gasteiger partial charge in [0.15, 0.2) is 24.8 Å². The van der Waals surface area contributed by atoms with Crippen molar-refractivity contribution < 1.29 is 38.8 Å². The van der Waals surface area contributed by atoms with Crippen LogP contribution < -0.4 is 15.6 Å². The number of aromatic nitrogens is 4. The smallest absolute Gasteiger partial charge is 0.352 e. The van der Waals surface area contributed by atoms with Crippen LogP contribution in [0, 0.1) is 0 Å². The maximum atomic E-state index is 13.2. The van der Waals surface area contributed by atoms with E-state index in [2.05, 4.69) is 25.4 Å². The number of oxime groups is 1. The van der Waals surface area contributed by atoms with Gasteiger partial charge in [0.1, 0.15) is 22.9 Å². The summed E-state index contributed by atoms with van der Waals surface area (Å²) in [7, 11) is 0. The van der Waals surface area contributed by atoms with Crippen molar-refractivity contribution >= 4 is 47.0 Å². The number of fused-ring (bicyclic) bond motifs is 1. The quantitative estimate of drug-likeness (QED) is 0.127. The fourth-order valence-electron chi connectivity index (χ4n) is 3.56. The molecule has 2 amide bonds. The molecule has 0 radical (unpaired) electrons. The number of carboxylic acids is 2. The minimum Gasteiger partial charge on any atom is -0.478 e. The number of nitrogens with two attached hydrogens (primary N) is 1. The first-order valence-corrected chi connectivity index (χ1v) is 12.1. The SMILES string of the molecule is CC(C)(O/N=C(\C(=O)NC1C(=O)N2C(C(=O)O)=C(C[n+]3ccncc3)CS[C@H]12)c1nccc(N)n1)C(=O)O. The topological polar surface area (TPSA) is 214 Å². The van der Waals surface area contributed by atoms with Crippen molar-refractivity contribution in [2.75, 3.05) is 11.5 Å². The highest BCUT2D eigenvalue weighted by atomic mass is 32.2. The lowest BCUT2D eigenvalue weighted by Gasteiger charge is -2.49. The van der Waals surface area contributed by atoms with Crippen LogP contribution in [0.3, 0.4) is 0 Å². The van der Waals surface area contributed by atoms with Gasteiger partial charge in [-0.2, -0.15) is 4.57 Å². The van der Waals surface area contributed by atoms with Crippen LogP contribution >= 0.6 is 11.8 Å². The molecule has 4 rings (SSSR count). The molecule has 38 heavy (non-hydrogen) atoms. The highest BCUT2D eigenvalue weighted by Gasteiger charge is 2.55. The summed E-state index contributed by atoms with van der Waals surface area (Å²) < 4.78 is 1.74. The molecule has 0 saturated carbocycles. The number of hydrogen-bond acceptors (Lipinski definition) is 11. The normalized spacial score (nSPS) is 19.4. The van der Waals surface area contributed by atoms with Gasteiger partial charge in [0.2, 0.25) is 11.3 Å². The van der Waals surface area contributed by atoms with Crippen molar-refractivity contribution in [2.24, 2.45) is 5.16 Å². The molecule has 16 heteroatoms. The molecule has 15 nitrogen and oxygen atoms in total. The molecule has 1 saturated heterocycles. The van der Waals surface area contributed by atoms with E-state index in [1.807, 2.05) is 0 Å². The summed E-state index contributed by atoms with van der Waals surface area (Å²) in [6.45, 7) is 2.69. The molecule has 2 aromatic heterocycles. The molecule has 0 aliphatic carbocycles. The Morgan fingerprint density at radius 1 is 1.29 bits per heavy atom. The lowest BCUT2D eigenvalue weighted by molar-refractivity contribution is -0.689. The number of anilines is 1. The molecule has 5 N–H and O–H groups in total. The Balaban J connectivity index is 1.57. The largest absolute Gasteiger partial charge is 0.478 e. The van der Waals surface area contributed by atoms with E-state index in [9.17, 15) is 29.4 Å². The Morgan fingerprint density at radius 2 is 2.00 bits per heavy atom. The van der Waals surface area contributed by atoms with Gasteiger partial charge in [0.05, 0.1) is 12.4 Å². The molecule has 2 aliphatic heterocycles. The molecule has 2 aliphatic rings. The number of carbonyl (C=O) groups excluding carboxylic acids is 2. The van der Waals surface area contributed by atoms with E-state index in [4.69, 9.17) is 10.6 Å². The summed E-state index contributed by atoms with van der Waals surface area (Å²) in [4.78, 5) is 67.7. The van der Waals surface area contributed by atoms with E-state index in [1.54, 1.807) is 29.4 Å². The zero-order valence-electron chi connectivity index (χ0n) is 20.1. The monoisotopic (exact) mass is 543 g/mol. The third-order valence-corrected chi connectivity index (χ3v) is 6.92. The Bertz CT molecular complexity index is 1360. The molecule has 0 aromatic carbocycles. The second-order valence-corrected chi connectivity index (χ2v) is 9.79. The number of hydrogen-bond donors (Lipinski definition) is 4. The van der Waals surface area contributed by atoms with Crippen LogP contribution in [0.15, 0.2) is 53.5 Å². The van der Waals surface area contributed by atoms with Gasteiger partial charge in [-0.15, -0.1) is 11.8 Å². The summed E-state index contributed by atoms with van der Waals surface area (Å²) in [5.41, 5.74) is 3.76. The zero-order valence-corrected chi connectivity index (χ0v) is 21.0. The Kier molecular flexibility index (Phi) is 7.25. The summed E-state index contributed by atoms with van der Waals surface area (Å²) >= 11 is 1.29. The van der Waals surface area contributed by atoms with Crippen LogP contribution in [0.1, 0.15) is 19.7 Å². The molecule has 2 atom stereocenters. The minimum absolute atomic E-state index is 0.0116. The fourth-order valence-corrected chi connectivity index (χ4v) is 4.89.